The number of anilines is 1. The third kappa shape index (κ3) is 4.13. The largest absolute Gasteiger partial charge is 0.488 e. The van der Waals surface area contributed by atoms with Gasteiger partial charge in [-0.15, -0.1) is 0 Å². The fraction of sp³-hybridized carbons (Fsp3) is 0.100. The maximum atomic E-state index is 12.6. The van der Waals surface area contributed by atoms with Crippen LogP contribution in [0.15, 0.2) is 71.7 Å². The van der Waals surface area contributed by atoms with Gasteiger partial charge in [0.1, 0.15) is 12.4 Å². The molecule has 0 unspecified atom stereocenters. The minimum atomic E-state index is -0.321. The molecule has 0 bridgehead atoms. The quantitative estimate of drug-likeness (QED) is 0.743. The number of ether oxygens (including phenoxy) is 1. The van der Waals surface area contributed by atoms with Crippen molar-refractivity contribution in [3.05, 3.63) is 93.4 Å². The lowest BCUT2D eigenvalue weighted by Gasteiger charge is -2.12. The number of aryl methyl sites for hydroxylation is 1. The van der Waals surface area contributed by atoms with Crippen LogP contribution in [0.3, 0.4) is 0 Å². The van der Waals surface area contributed by atoms with E-state index in [2.05, 4.69) is 5.32 Å². The molecule has 0 fully saturated rings. The van der Waals surface area contributed by atoms with Gasteiger partial charge in [-0.3, -0.25) is 9.59 Å². The van der Waals surface area contributed by atoms with Gasteiger partial charge in [-0.05, 0) is 24.3 Å². The van der Waals surface area contributed by atoms with Crippen molar-refractivity contribution >= 4 is 23.2 Å². The van der Waals surface area contributed by atoms with Gasteiger partial charge in [0.2, 0.25) is 5.56 Å². The number of carbonyl (C=O) groups excluding carboxylic acids is 1. The summed E-state index contributed by atoms with van der Waals surface area (Å²) in [5.74, 6) is 0.133. The predicted octanol–water partition coefficient (Wildman–Crippen LogP) is 3.87. The Hall–Kier alpha value is -3.05. The lowest BCUT2D eigenvalue weighted by atomic mass is 10.2. The summed E-state index contributed by atoms with van der Waals surface area (Å²) in [7, 11) is 1.62. The number of nitrogens with one attached hydrogen (secondary N) is 1. The monoisotopic (exact) mass is 368 g/mol. The summed E-state index contributed by atoms with van der Waals surface area (Å²) in [4.78, 5) is 24.1. The van der Waals surface area contributed by atoms with E-state index in [4.69, 9.17) is 16.3 Å². The van der Waals surface area contributed by atoms with E-state index in [1.165, 1.54) is 10.6 Å². The molecule has 0 aliphatic heterocycles. The topological polar surface area (TPSA) is 60.3 Å². The van der Waals surface area contributed by atoms with Crippen LogP contribution >= 0.6 is 11.6 Å². The summed E-state index contributed by atoms with van der Waals surface area (Å²) in [6.07, 6.45) is 1.56. The van der Waals surface area contributed by atoms with Crippen molar-refractivity contribution in [2.75, 3.05) is 5.32 Å². The Morgan fingerprint density at radius 2 is 1.81 bits per heavy atom. The van der Waals surface area contributed by atoms with Gasteiger partial charge in [0.15, 0.2) is 0 Å². The molecule has 132 valence electrons. The lowest BCUT2D eigenvalue weighted by Crippen LogP contribution is -2.18. The summed E-state index contributed by atoms with van der Waals surface area (Å²) in [5, 5.41) is 3.38. The van der Waals surface area contributed by atoms with Gasteiger partial charge in [-0.25, -0.2) is 0 Å². The van der Waals surface area contributed by atoms with Gasteiger partial charge < -0.3 is 14.6 Å². The van der Waals surface area contributed by atoms with E-state index < -0.39 is 0 Å². The number of para-hydroxylation sites is 1. The van der Waals surface area contributed by atoms with Gasteiger partial charge in [-0.1, -0.05) is 41.9 Å². The molecule has 26 heavy (non-hydrogen) atoms. The molecule has 0 spiro atoms. The van der Waals surface area contributed by atoms with Crippen molar-refractivity contribution in [3.8, 4) is 5.75 Å². The highest BCUT2D eigenvalue weighted by atomic mass is 35.5. The molecule has 3 aromatic rings. The fourth-order valence-corrected chi connectivity index (χ4v) is 2.61. The smallest absolute Gasteiger partial charge is 0.259 e. The van der Waals surface area contributed by atoms with Gasteiger partial charge in [0, 0.05) is 29.9 Å². The number of pyridine rings is 1. The fourth-order valence-electron chi connectivity index (χ4n) is 2.42. The molecule has 0 saturated heterocycles. The molecule has 1 amide bonds. The highest BCUT2D eigenvalue weighted by Gasteiger charge is 2.13. The Morgan fingerprint density at radius 3 is 2.58 bits per heavy atom. The maximum Gasteiger partial charge on any atom is 0.259 e. The van der Waals surface area contributed by atoms with E-state index in [0.717, 1.165) is 5.56 Å². The van der Waals surface area contributed by atoms with E-state index in [-0.39, 0.29) is 18.1 Å². The Balaban J connectivity index is 1.77. The molecular formula is C20H17ClN2O3. The van der Waals surface area contributed by atoms with Crippen LogP contribution in [-0.4, -0.2) is 10.5 Å². The first kappa shape index (κ1) is 17.8. The summed E-state index contributed by atoms with van der Waals surface area (Å²) in [6.45, 7) is 0.254. The SMILES string of the molecule is Cn1cc(NC(=O)c2ccccc2OCc2ccccc2Cl)ccc1=O. The number of aromatic nitrogens is 1. The molecule has 0 aliphatic carbocycles. The lowest BCUT2D eigenvalue weighted by molar-refractivity contribution is 0.102. The number of carbonyl (C=O) groups is 1. The van der Waals surface area contributed by atoms with Crippen LogP contribution in [0.5, 0.6) is 5.75 Å². The Labute approximate surface area is 155 Å². The van der Waals surface area contributed by atoms with Crippen LogP contribution < -0.4 is 15.6 Å². The normalized spacial score (nSPS) is 10.4. The van der Waals surface area contributed by atoms with Gasteiger partial charge >= 0.3 is 0 Å². The van der Waals surface area contributed by atoms with Crippen LogP contribution in [0.2, 0.25) is 5.02 Å². The molecule has 0 atom stereocenters. The van der Waals surface area contributed by atoms with Crippen molar-refractivity contribution in [3.63, 3.8) is 0 Å². The minimum absolute atomic E-state index is 0.147. The predicted molar refractivity (Wildman–Crippen MR) is 102 cm³/mol. The average Bonchev–Trinajstić information content (AvgIpc) is 2.64. The molecule has 2 aromatic carbocycles. The van der Waals surface area contributed by atoms with Gasteiger partial charge in [0.05, 0.1) is 11.3 Å². The van der Waals surface area contributed by atoms with E-state index in [1.807, 2.05) is 18.2 Å². The first-order valence-corrected chi connectivity index (χ1v) is 8.35. The zero-order chi connectivity index (χ0) is 18.5. The number of hydrogen-bond acceptors (Lipinski definition) is 3. The summed E-state index contributed by atoms with van der Waals surface area (Å²) >= 11 is 6.14. The van der Waals surface area contributed by atoms with Crippen molar-refractivity contribution in [2.24, 2.45) is 7.05 Å². The highest BCUT2D eigenvalue weighted by Crippen LogP contribution is 2.23. The second-order valence-corrected chi connectivity index (χ2v) is 6.10. The molecule has 1 aromatic heterocycles. The van der Waals surface area contributed by atoms with Crippen molar-refractivity contribution in [2.45, 2.75) is 6.61 Å². The second-order valence-electron chi connectivity index (χ2n) is 5.70. The standard InChI is InChI=1S/C20H17ClN2O3/c1-23-12-15(10-11-19(23)24)22-20(25)16-7-3-5-9-18(16)26-13-14-6-2-4-8-17(14)21/h2-12H,13H2,1H3,(H,22,25). The van der Waals surface area contributed by atoms with E-state index in [9.17, 15) is 9.59 Å². The van der Waals surface area contributed by atoms with Crippen molar-refractivity contribution < 1.29 is 9.53 Å². The van der Waals surface area contributed by atoms with Crippen LogP contribution in [0.4, 0.5) is 5.69 Å². The summed E-state index contributed by atoms with van der Waals surface area (Å²) in [6, 6.07) is 17.3. The number of rotatable bonds is 5. The van der Waals surface area contributed by atoms with Crippen LogP contribution in [0, 0.1) is 0 Å². The van der Waals surface area contributed by atoms with Gasteiger partial charge in [0.25, 0.3) is 5.91 Å². The number of nitrogens with zero attached hydrogens (tertiary/aromatic N) is 1. The third-order valence-electron chi connectivity index (χ3n) is 3.82. The Bertz CT molecular complexity index is 998. The summed E-state index contributed by atoms with van der Waals surface area (Å²) < 4.78 is 7.20. The number of amides is 1. The Kier molecular flexibility index (Phi) is 5.39. The number of benzene rings is 2. The minimum Gasteiger partial charge on any atom is -0.488 e. The average molecular weight is 369 g/mol. The number of hydrogen-bond donors (Lipinski definition) is 1. The molecule has 0 aliphatic rings. The first-order valence-electron chi connectivity index (χ1n) is 7.98. The zero-order valence-corrected chi connectivity index (χ0v) is 14.9. The Morgan fingerprint density at radius 1 is 1.08 bits per heavy atom. The first-order chi connectivity index (χ1) is 12.5. The molecule has 1 N–H and O–H groups in total. The van der Waals surface area contributed by atoms with E-state index in [0.29, 0.717) is 22.0 Å². The maximum absolute atomic E-state index is 12.6. The van der Waals surface area contributed by atoms with Crippen molar-refractivity contribution in [1.82, 2.24) is 4.57 Å². The second kappa shape index (κ2) is 7.89. The van der Waals surface area contributed by atoms with Gasteiger partial charge in [-0.2, -0.15) is 0 Å². The molecule has 0 radical (unpaired) electrons. The summed E-state index contributed by atoms with van der Waals surface area (Å²) in [5.41, 5.74) is 1.61. The highest BCUT2D eigenvalue weighted by molar-refractivity contribution is 6.31. The number of halogens is 1. The molecular weight excluding hydrogens is 352 g/mol. The molecule has 0 saturated carbocycles. The molecule has 1 heterocycles. The third-order valence-corrected chi connectivity index (χ3v) is 4.19. The molecule has 3 rings (SSSR count). The van der Waals surface area contributed by atoms with Crippen molar-refractivity contribution in [1.29, 1.82) is 0 Å². The molecule has 6 heteroatoms. The van der Waals surface area contributed by atoms with E-state index >= 15 is 0 Å². The van der Waals surface area contributed by atoms with E-state index in [1.54, 1.807) is 49.6 Å². The molecule has 5 nitrogen and oxygen atoms in total. The zero-order valence-electron chi connectivity index (χ0n) is 14.1. The van der Waals surface area contributed by atoms with Crippen LogP contribution in [0.1, 0.15) is 15.9 Å². The van der Waals surface area contributed by atoms with Crippen LogP contribution in [0.25, 0.3) is 0 Å². The van der Waals surface area contributed by atoms with Crippen LogP contribution in [-0.2, 0) is 13.7 Å².